The predicted molar refractivity (Wildman–Crippen MR) is 85.0 cm³/mol. The summed E-state index contributed by atoms with van der Waals surface area (Å²) in [6.45, 7) is 1.13. The van der Waals surface area contributed by atoms with Crippen molar-refractivity contribution >= 4 is 23.2 Å². The molecule has 0 amide bonds. The van der Waals surface area contributed by atoms with Crippen LogP contribution in [0.1, 0.15) is 27.6 Å². The number of furan rings is 1. The number of hydrogen-bond acceptors (Lipinski definition) is 6. The Hall–Kier alpha value is -2.64. The van der Waals surface area contributed by atoms with Gasteiger partial charge in [0.15, 0.2) is 0 Å². The third kappa shape index (κ3) is 3.17. The molecule has 0 saturated carbocycles. The quantitative estimate of drug-likeness (QED) is 0.726. The van der Waals surface area contributed by atoms with Crippen molar-refractivity contribution < 1.29 is 19.1 Å². The summed E-state index contributed by atoms with van der Waals surface area (Å²) in [5.41, 5.74) is 0.623. The lowest BCUT2D eigenvalue weighted by Gasteiger charge is -2.06. The number of hydrogen-bond donors (Lipinski definition) is 1. The maximum atomic E-state index is 12.1. The van der Waals surface area contributed by atoms with Gasteiger partial charge in [-0.1, -0.05) is 11.6 Å². The van der Waals surface area contributed by atoms with Crippen molar-refractivity contribution in [1.29, 1.82) is 0 Å². The third-order valence-electron chi connectivity index (χ3n) is 3.37. The number of aliphatic hydroxyl groups excluding tert-OH is 1. The first-order valence-corrected chi connectivity index (χ1v) is 7.41. The lowest BCUT2D eigenvalue weighted by Crippen LogP contribution is -2.16. The fourth-order valence-corrected chi connectivity index (χ4v) is 2.40. The molecule has 3 heterocycles. The van der Waals surface area contributed by atoms with Crippen molar-refractivity contribution in [3.63, 3.8) is 0 Å². The number of nitrogens with zero attached hydrogens (tertiary/aromatic N) is 2. The Labute approximate surface area is 141 Å². The van der Waals surface area contributed by atoms with E-state index in [4.69, 9.17) is 25.9 Å². The molecule has 7 nitrogen and oxygen atoms in total. The second kappa shape index (κ2) is 6.46. The Bertz CT molecular complexity index is 976. The van der Waals surface area contributed by atoms with Crippen molar-refractivity contribution in [2.45, 2.75) is 20.1 Å². The molecule has 0 radical (unpaired) electrons. The van der Waals surface area contributed by atoms with Crippen LogP contribution in [0.3, 0.4) is 0 Å². The van der Waals surface area contributed by atoms with Crippen molar-refractivity contribution in [1.82, 2.24) is 9.38 Å². The Morgan fingerprint density at radius 2 is 2.21 bits per heavy atom. The van der Waals surface area contributed by atoms with Crippen LogP contribution in [0.2, 0.25) is 5.02 Å². The highest BCUT2D eigenvalue weighted by Crippen LogP contribution is 2.16. The number of pyridine rings is 1. The van der Waals surface area contributed by atoms with Gasteiger partial charge in [0.25, 0.3) is 5.56 Å². The highest BCUT2D eigenvalue weighted by atomic mass is 35.5. The molecule has 8 heteroatoms. The Morgan fingerprint density at radius 1 is 1.42 bits per heavy atom. The number of rotatable bonds is 4. The van der Waals surface area contributed by atoms with E-state index in [9.17, 15) is 9.59 Å². The number of esters is 1. The average Bonchev–Trinajstić information content (AvgIpc) is 2.94. The van der Waals surface area contributed by atoms with E-state index in [1.165, 1.54) is 22.7 Å². The smallest absolute Gasteiger partial charge is 0.342 e. The maximum Gasteiger partial charge on any atom is 0.342 e. The molecule has 1 N–H and O–H groups in total. The average molecular weight is 349 g/mol. The first-order valence-electron chi connectivity index (χ1n) is 7.03. The highest BCUT2D eigenvalue weighted by Gasteiger charge is 2.16. The summed E-state index contributed by atoms with van der Waals surface area (Å²) in [5, 5.41) is 9.43. The van der Waals surface area contributed by atoms with Crippen molar-refractivity contribution in [2.24, 2.45) is 0 Å². The van der Waals surface area contributed by atoms with E-state index >= 15 is 0 Å². The van der Waals surface area contributed by atoms with Gasteiger partial charge in [0.05, 0.1) is 10.7 Å². The number of aromatic nitrogens is 2. The number of ether oxygens (including phenoxy) is 1. The first kappa shape index (κ1) is 16.2. The minimum Gasteiger partial charge on any atom is -0.463 e. The standard InChI is InChI=1S/C16H13ClN2O5/c1-9-13(5-12(7-20)24-9)16(22)23-8-11-4-15(21)19-6-10(17)2-3-14(19)18-11/h2-6,20H,7-8H2,1H3. The van der Waals surface area contributed by atoms with Gasteiger partial charge in [-0.15, -0.1) is 0 Å². The summed E-state index contributed by atoms with van der Waals surface area (Å²) in [6, 6.07) is 5.91. The number of aryl methyl sites for hydroxylation is 1. The van der Waals surface area contributed by atoms with Crippen LogP contribution in [0.25, 0.3) is 5.65 Å². The molecule has 0 aliphatic heterocycles. The molecule has 0 bridgehead atoms. The minimum atomic E-state index is -0.617. The van der Waals surface area contributed by atoms with Gasteiger partial charge in [0.1, 0.15) is 35.9 Å². The van der Waals surface area contributed by atoms with E-state index < -0.39 is 5.97 Å². The predicted octanol–water partition coefficient (Wildman–Crippen LogP) is 2.10. The summed E-state index contributed by atoms with van der Waals surface area (Å²) in [4.78, 5) is 28.4. The van der Waals surface area contributed by atoms with Crippen LogP contribution in [0.4, 0.5) is 0 Å². The molecule has 3 aromatic rings. The molecule has 0 saturated heterocycles. The monoisotopic (exact) mass is 348 g/mol. The number of carbonyl (C=O) groups is 1. The van der Waals surface area contributed by atoms with Crippen molar-refractivity contribution in [3.05, 3.63) is 68.6 Å². The second-order valence-corrected chi connectivity index (χ2v) is 5.51. The molecular weight excluding hydrogens is 336 g/mol. The number of carbonyl (C=O) groups excluding carboxylic acids is 1. The minimum absolute atomic E-state index is 0.160. The van der Waals surface area contributed by atoms with Gasteiger partial charge in [0.2, 0.25) is 0 Å². The fourth-order valence-electron chi connectivity index (χ4n) is 2.24. The van der Waals surface area contributed by atoms with Crippen molar-refractivity contribution in [3.8, 4) is 0 Å². The summed E-state index contributed by atoms with van der Waals surface area (Å²) in [7, 11) is 0. The second-order valence-electron chi connectivity index (χ2n) is 5.08. The Morgan fingerprint density at radius 3 is 2.92 bits per heavy atom. The van der Waals surface area contributed by atoms with E-state index in [1.807, 2.05) is 0 Å². The van der Waals surface area contributed by atoms with Crippen LogP contribution in [-0.4, -0.2) is 20.5 Å². The number of fused-ring (bicyclic) bond motifs is 1. The highest BCUT2D eigenvalue weighted by molar-refractivity contribution is 6.30. The molecule has 124 valence electrons. The fraction of sp³-hybridized carbons (Fsp3) is 0.188. The summed E-state index contributed by atoms with van der Waals surface area (Å²) in [5.74, 6) is 0.0118. The van der Waals surface area contributed by atoms with Gasteiger partial charge < -0.3 is 14.3 Å². The van der Waals surface area contributed by atoms with Crippen molar-refractivity contribution in [2.75, 3.05) is 0 Å². The first-order chi connectivity index (χ1) is 11.5. The number of halogens is 1. The summed E-state index contributed by atoms with van der Waals surface area (Å²) < 4.78 is 11.7. The normalized spacial score (nSPS) is 11.0. The largest absolute Gasteiger partial charge is 0.463 e. The van der Waals surface area contributed by atoms with E-state index in [1.54, 1.807) is 19.1 Å². The molecule has 0 spiro atoms. The topological polar surface area (TPSA) is 94.0 Å². The Kier molecular flexibility index (Phi) is 4.37. The molecule has 24 heavy (non-hydrogen) atoms. The molecule has 0 aliphatic rings. The van der Waals surface area contributed by atoms with Gasteiger partial charge >= 0.3 is 5.97 Å². The van der Waals surface area contributed by atoms with Crippen LogP contribution < -0.4 is 5.56 Å². The third-order valence-corrected chi connectivity index (χ3v) is 3.60. The summed E-state index contributed by atoms with van der Waals surface area (Å²) in [6.07, 6.45) is 1.47. The van der Waals surface area contributed by atoms with Gasteiger partial charge in [-0.3, -0.25) is 9.20 Å². The number of aliphatic hydroxyl groups is 1. The van der Waals surface area contributed by atoms with E-state index in [0.717, 1.165) is 0 Å². The molecule has 0 atom stereocenters. The van der Waals surface area contributed by atoms with Crippen LogP contribution in [-0.2, 0) is 18.0 Å². The van der Waals surface area contributed by atoms with E-state index in [-0.39, 0.29) is 30.1 Å². The lowest BCUT2D eigenvalue weighted by atomic mass is 10.2. The van der Waals surface area contributed by atoms with E-state index in [0.29, 0.717) is 22.1 Å². The van der Waals surface area contributed by atoms with Crippen LogP contribution in [0.15, 0.2) is 39.7 Å². The Balaban J connectivity index is 1.80. The molecule has 0 aromatic carbocycles. The molecule has 0 fully saturated rings. The zero-order chi connectivity index (χ0) is 17.3. The van der Waals surface area contributed by atoms with E-state index in [2.05, 4.69) is 4.98 Å². The van der Waals surface area contributed by atoms with Crippen LogP contribution in [0.5, 0.6) is 0 Å². The molecule has 3 rings (SSSR count). The SMILES string of the molecule is Cc1oc(CO)cc1C(=O)OCc1cc(=O)n2cc(Cl)ccc2n1. The van der Waals surface area contributed by atoms with Gasteiger partial charge in [-0.25, -0.2) is 9.78 Å². The zero-order valence-corrected chi connectivity index (χ0v) is 13.4. The van der Waals surface area contributed by atoms with Crippen LogP contribution in [0, 0.1) is 6.92 Å². The molecule has 0 aliphatic carbocycles. The van der Waals surface area contributed by atoms with Gasteiger partial charge in [0, 0.05) is 12.3 Å². The van der Waals surface area contributed by atoms with Crippen LogP contribution >= 0.6 is 11.6 Å². The van der Waals surface area contributed by atoms with Gasteiger partial charge in [-0.2, -0.15) is 0 Å². The molecular formula is C16H13ClN2O5. The maximum absolute atomic E-state index is 12.1. The summed E-state index contributed by atoms with van der Waals surface area (Å²) >= 11 is 5.85. The van der Waals surface area contributed by atoms with Gasteiger partial charge in [-0.05, 0) is 25.1 Å². The molecule has 3 aromatic heterocycles. The zero-order valence-electron chi connectivity index (χ0n) is 12.7. The lowest BCUT2D eigenvalue weighted by molar-refractivity contribution is 0.0465. The molecule has 0 unspecified atom stereocenters.